The molecule has 1 fully saturated rings. The average molecular weight is 596 g/mol. The number of nitrogens with one attached hydrogen (secondary N) is 3. The molecule has 12 heteroatoms. The minimum Gasteiger partial charge on any atom is -0.445 e. The topological polar surface area (TPSA) is 156 Å². The molecule has 0 bridgehead atoms. The Labute approximate surface area is 251 Å². The van der Waals surface area contributed by atoms with Crippen molar-refractivity contribution in [3.63, 3.8) is 0 Å². The zero-order valence-electron chi connectivity index (χ0n) is 25.1. The molecule has 43 heavy (non-hydrogen) atoms. The number of benzene rings is 1. The standard InChI is InChI=1S/C31H41N5O7/c1-20(2)13-24(34-30(40)42-18-22-9-6-5-7-10-22)28(38)33-26-16-36(17-27(26)37)29(39)25(14-21(3)4)35-31(41)43-19-23-11-8-12-32-15-23/h5-12,15,20-21,24-26H,13-14,16-19H2,1-4H3,(H,33,38)(H,34,40)(H,35,41)/t24-,25-,26?/m0/s1. The van der Waals surface area contributed by atoms with Gasteiger partial charge in [0.15, 0.2) is 5.78 Å². The van der Waals surface area contributed by atoms with Gasteiger partial charge < -0.3 is 30.3 Å². The van der Waals surface area contributed by atoms with Gasteiger partial charge in [0.05, 0.1) is 6.54 Å². The van der Waals surface area contributed by atoms with Crippen molar-refractivity contribution in [2.24, 2.45) is 11.8 Å². The van der Waals surface area contributed by atoms with Crippen molar-refractivity contribution in [2.75, 3.05) is 13.1 Å². The van der Waals surface area contributed by atoms with Crippen LogP contribution in [0.1, 0.15) is 51.7 Å². The van der Waals surface area contributed by atoms with Crippen molar-refractivity contribution >= 4 is 29.8 Å². The van der Waals surface area contributed by atoms with Crippen LogP contribution in [0.3, 0.4) is 0 Å². The summed E-state index contributed by atoms with van der Waals surface area (Å²) < 4.78 is 10.5. The molecule has 1 aliphatic heterocycles. The molecular formula is C31H41N5O7. The number of amides is 4. The normalized spacial score (nSPS) is 16.0. The molecule has 1 unspecified atom stereocenters. The van der Waals surface area contributed by atoms with Gasteiger partial charge in [0.25, 0.3) is 0 Å². The molecule has 12 nitrogen and oxygen atoms in total. The third-order valence-electron chi connectivity index (χ3n) is 6.68. The van der Waals surface area contributed by atoms with Gasteiger partial charge in [0.1, 0.15) is 31.3 Å². The number of carbonyl (C=O) groups is 5. The van der Waals surface area contributed by atoms with Gasteiger partial charge in [-0.15, -0.1) is 0 Å². The molecule has 232 valence electrons. The van der Waals surface area contributed by atoms with Crippen molar-refractivity contribution in [1.29, 1.82) is 0 Å². The molecule has 3 rings (SSSR count). The second-order valence-electron chi connectivity index (χ2n) is 11.4. The second-order valence-corrected chi connectivity index (χ2v) is 11.4. The Kier molecular flexibility index (Phi) is 12.5. The van der Waals surface area contributed by atoms with Crippen molar-refractivity contribution in [2.45, 2.75) is 71.9 Å². The lowest BCUT2D eigenvalue weighted by Gasteiger charge is -2.25. The predicted molar refractivity (Wildman–Crippen MR) is 157 cm³/mol. The van der Waals surface area contributed by atoms with E-state index in [4.69, 9.17) is 9.47 Å². The third kappa shape index (κ3) is 11.0. The Morgan fingerprint density at radius 2 is 1.44 bits per heavy atom. The quantitative estimate of drug-likeness (QED) is 0.319. The fourth-order valence-corrected chi connectivity index (χ4v) is 4.59. The van der Waals surface area contributed by atoms with Crippen LogP contribution in [0, 0.1) is 11.8 Å². The van der Waals surface area contributed by atoms with Gasteiger partial charge >= 0.3 is 12.2 Å². The van der Waals surface area contributed by atoms with Gasteiger partial charge in [0.2, 0.25) is 11.8 Å². The van der Waals surface area contributed by atoms with Gasteiger partial charge in [-0.05, 0) is 36.3 Å². The molecule has 1 aromatic carbocycles. The molecule has 2 aromatic rings. The fraction of sp³-hybridized carbons (Fsp3) is 0.484. The molecule has 2 heterocycles. The highest BCUT2D eigenvalue weighted by Crippen LogP contribution is 2.15. The number of ketones is 1. The molecule has 1 aliphatic rings. The molecule has 4 amide bonds. The lowest BCUT2D eigenvalue weighted by atomic mass is 10.0. The molecule has 0 aliphatic carbocycles. The van der Waals surface area contributed by atoms with E-state index in [2.05, 4.69) is 20.9 Å². The smallest absolute Gasteiger partial charge is 0.408 e. The number of alkyl carbamates (subject to hydrolysis) is 2. The van der Waals surface area contributed by atoms with E-state index in [1.54, 1.807) is 24.5 Å². The average Bonchev–Trinajstić information content (AvgIpc) is 3.34. The van der Waals surface area contributed by atoms with E-state index in [9.17, 15) is 24.0 Å². The fourth-order valence-electron chi connectivity index (χ4n) is 4.59. The van der Waals surface area contributed by atoms with Gasteiger partial charge in [-0.25, -0.2) is 9.59 Å². The summed E-state index contributed by atoms with van der Waals surface area (Å²) in [6, 6.07) is 9.81. The largest absolute Gasteiger partial charge is 0.445 e. The minimum atomic E-state index is -0.953. The number of likely N-dealkylation sites (tertiary alicyclic amines) is 1. The molecule has 3 N–H and O–H groups in total. The van der Waals surface area contributed by atoms with Crippen LogP contribution in [0.5, 0.6) is 0 Å². The van der Waals surface area contributed by atoms with Gasteiger partial charge in [0, 0.05) is 24.5 Å². The van der Waals surface area contributed by atoms with Crippen LogP contribution in [0.2, 0.25) is 0 Å². The first-order chi connectivity index (χ1) is 20.5. The number of hydrogen-bond acceptors (Lipinski definition) is 8. The molecule has 0 spiro atoms. The Morgan fingerprint density at radius 3 is 2.05 bits per heavy atom. The van der Waals surface area contributed by atoms with Crippen LogP contribution in [0.4, 0.5) is 9.59 Å². The van der Waals surface area contributed by atoms with Crippen LogP contribution < -0.4 is 16.0 Å². The van der Waals surface area contributed by atoms with Crippen LogP contribution in [-0.2, 0) is 37.1 Å². The monoisotopic (exact) mass is 595 g/mol. The molecule has 1 aromatic heterocycles. The number of ether oxygens (including phenoxy) is 2. The van der Waals surface area contributed by atoms with Crippen LogP contribution in [0.25, 0.3) is 0 Å². The van der Waals surface area contributed by atoms with Crippen molar-refractivity contribution < 1.29 is 33.4 Å². The summed E-state index contributed by atoms with van der Waals surface area (Å²) in [6.45, 7) is 7.39. The highest BCUT2D eigenvalue weighted by Gasteiger charge is 2.39. The Morgan fingerprint density at radius 1 is 0.860 bits per heavy atom. The summed E-state index contributed by atoms with van der Waals surface area (Å²) in [6.07, 6.45) is 2.31. The minimum absolute atomic E-state index is 0.00997. The van der Waals surface area contributed by atoms with Crippen molar-refractivity contribution in [3.8, 4) is 0 Å². The number of rotatable bonds is 13. The Balaban J connectivity index is 1.57. The Hall–Kier alpha value is -4.48. The SMILES string of the molecule is CC(C)C[C@H](NC(=O)OCc1ccccc1)C(=O)NC1CN(C(=O)[C@H](CC(C)C)NC(=O)OCc2cccnc2)CC1=O. The second kappa shape index (κ2) is 16.2. The lowest BCUT2D eigenvalue weighted by molar-refractivity contribution is -0.134. The van der Waals surface area contributed by atoms with Crippen LogP contribution in [0.15, 0.2) is 54.9 Å². The van der Waals surface area contributed by atoms with E-state index >= 15 is 0 Å². The molecular weight excluding hydrogens is 554 g/mol. The van der Waals surface area contributed by atoms with Crippen LogP contribution in [-0.4, -0.2) is 70.9 Å². The number of nitrogens with zero attached hydrogens (tertiary/aromatic N) is 2. The third-order valence-corrected chi connectivity index (χ3v) is 6.68. The summed E-state index contributed by atoms with van der Waals surface area (Å²) >= 11 is 0. The van der Waals surface area contributed by atoms with E-state index < -0.39 is 42.1 Å². The summed E-state index contributed by atoms with van der Waals surface area (Å²) in [5.74, 6) is -1.22. The molecule has 3 atom stereocenters. The lowest BCUT2D eigenvalue weighted by Crippen LogP contribution is -2.53. The number of pyridine rings is 1. The zero-order chi connectivity index (χ0) is 31.4. The molecule has 0 radical (unpaired) electrons. The predicted octanol–water partition coefficient (Wildman–Crippen LogP) is 2.96. The molecule has 1 saturated heterocycles. The first-order valence-corrected chi connectivity index (χ1v) is 14.4. The first kappa shape index (κ1) is 33.0. The van der Waals surface area contributed by atoms with E-state index in [0.717, 1.165) is 5.56 Å². The highest BCUT2D eigenvalue weighted by molar-refractivity contribution is 5.98. The number of Topliss-reactive ketones (excluding diaryl/α,β-unsaturated/α-hetero) is 1. The molecule has 0 saturated carbocycles. The van der Waals surface area contributed by atoms with Gasteiger partial charge in [-0.1, -0.05) is 64.1 Å². The first-order valence-electron chi connectivity index (χ1n) is 14.4. The zero-order valence-corrected chi connectivity index (χ0v) is 25.1. The summed E-state index contributed by atoms with van der Waals surface area (Å²) in [5, 5.41) is 7.90. The maximum atomic E-state index is 13.4. The number of aromatic nitrogens is 1. The number of carbonyl (C=O) groups excluding carboxylic acids is 5. The van der Waals surface area contributed by atoms with E-state index in [1.807, 2.05) is 58.0 Å². The maximum Gasteiger partial charge on any atom is 0.408 e. The van der Waals surface area contributed by atoms with Gasteiger partial charge in [-0.2, -0.15) is 0 Å². The summed E-state index contributed by atoms with van der Waals surface area (Å²) in [4.78, 5) is 69.6. The van der Waals surface area contributed by atoms with Crippen molar-refractivity contribution in [1.82, 2.24) is 25.8 Å². The maximum absolute atomic E-state index is 13.4. The summed E-state index contributed by atoms with van der Waals surface area (Å²) in [5.41, 5.74) is 1.50. The van der Waals surface area contributed by atoms with E-state index in [0.29, 0.717) is 18.4 Å². The summed E-state index contributed by atoms with van der Waals surface area (Å²) in [7, 11) is 0. The highest BCUT2D eigenvalue weighted by atomic mass is 16.6. The van der Waals surface area contributed by atoms with Crippen LogP contribution >= 0.6 is 0 Å². The Bertz CT molecular complexity index is 1240. The van der Waals surface area contributed by atoms with Crippen molar-refractivity contribution in [3.05, 3.63) is 66.0 Å². The van der Waals surface area contributed by atoms with Gasteiger partial charge in [-0.3, -0.25) is 19.4 Å². The number of hydrogen-bond donors (Lipinski definition) is 3. The van der Waals surface area contributed by atoms with E-state index in [-0.39, 0.29) is 43.9 Å². The van der Waals surface area contributed by atoms with E-state index in [1.165, 1.54) is 4.90 Å².